The van der Waals surface area contributed by atoms with Crippen LogP contribution in [0.5, 0.6) is 0 Å². The van der Waals surface area contributed by atoms with E-state index in [-0.39, 0.29) is 4.90 Å². The van der Waals surface area contributed by atoms with Crippen molar-refractivity contribution in [3.63, 3.8) is 0 Å². The lowest BCUT2D eigenvalue weighted by molar-refractivity contribution is 0.0622. The van der Waals surface area contributed by atoms with Crippen LogP contribution < -0.4 is 4.72 Å². The molecule has 156 valence electrons. The molecule has 30 heavy (non-hydrogen) atoms. The molecule has 0 spiro atoms. The van der Waals surface area contributed by atoms with E-state index >= 15 is 0 Å². The van der Waals surface area contributed by atoms with Gasteiger partial charge in [-0.15, -0.1) is 0 Å². The van der Waals surface area contributed by atoms with Crippen molar-refractivity contribution in [3.05, 3.63) is 95.3 Å². The zero-order valence-corrected chi connectivity index (χ0v) is 17.7. The number of aliphatic hydroxyl groups is 1. The summed E-state index contributed by atoms with van der Waals surface area (Å²) in [5.74, 6) is -0.654. The van der Waals surface area contributed by atoms with Gasteiger partial charge in [-0.3, -0.25) is 9.36 Å². The number of carbonyl (C=O) groups is 1. The second kappa shape index (κ2) is 9.40. The van der Waals surface area contributed by atoms with Crippen LogP contribution in [0.25, 0.3) is 6.08 Å². The first kappa shape index (κ1) is 22.0. The average Bonchev–Trinajstić information content (AvgIpc) is 3.26. The summed E-state index contributed by atoms with van der Waals surface area (Å²) in [7, 11) is -3.99. The van der Waals surface area contributed by atoms with Crippen molar-refractivity contribution in [1.29, 1.82) is 0 Å². The van der Waals surface area contributed by atoms with Crippen molar-refractivity contribution < 1.29 is 18.3 Å². The lowest BCUT2D eigenvalue weighted by atomic mass is 10.1. The highest BCUT2D eigenvalue weighted by molar-refractivity contribution is 7.89. The Morgan fingerprint density at radius 3 is 2.33 bits per heavy atom. The van der Waals surface area contributed by atoms with Gasteiger partial charge in [0.25, 0.3) is 5.91 Å². The second-order valence-corrected chi connectivity index (χ2v) is 8.82. The molecule has 0 saturated carbocycles. The van der Waals surface area contributed by atoms with Crippen LogP contribution in [0.4, 0.5) is 0 Å². The molecular weight excluding hydrogens is 424 g/mol. The van der Waals surface area contributed by atoms with Crippen LogP contribution in [0.15, 0.2) is 84.0 Å². The van der Waals surface area contributed by atoms with Crippen molar-refractivity contribution in [1.82, 2.24) is 9.29 Å². The van der Waals surface area contributed by atoms with Gasteiger partial charge in [0.1, 0.15) is 0 Å². The fourth-order valence-corrected chi connectivity index (χ4v) is 4.45. The monoisotopic (exact) mass is 444 g/mol. The molecule has 1 heterocycles. The third kappa shape index (κ3) is 5.25. The molecule has 6 nitrogen and oxygen atoms in total. The van der Waals surface area contributed by atoms with Crippen molar-refractivity contribution >= 4 is 33.6 Å². The van der Waals surface area contributed by atoms with E-state index in [0.29, 0.717) is 10.6 Å². The van der Waals surface area contributed by atoms with Crippen LogP contribution in [0.1, 0.15) is 15.9 Å². The number of sulfonamides is 1. The quantitative estimate of drug-likeness (QED) is 0.583. The first-order valence-corrected chi connectivity index (χ1v) is 11.0. The molecule has 0 radical (unpaired) electrons. The SMILES string of the molecule is Cc1ccccc1S(=O)(=O)N[C@@H](/C=C/c1ccc(Cl)cc1)[C@@H](O)C(=O)n1cccc1. The van der Waals surface area contributed by atoms with Gasteiger partial charge in [0, 0.05) is 17.4 Å². The average molecular weight is 445 g/mol. The zero-order chi connectivity index (χ0) is 21.7. The van der Waals surface area contributed by atoms with Crippen LogP contribution in [-0.2, 0) is 10.0 Å². The maximum Gasteiger partial charge on any atom is 0.261 e. The standard InChI is InChI=1S/C22H21ClN2O4S/c1-16-6-2-3-7-20(16)30(28,29)24-19(13-10-17-8-11-18(23)12-9-17)21(26)22(27)25-14-4-5-15-25/h2-15,19,21,24,26H,1H3/b13-10+/t19-,21+/m0/s1. The predicted molar refractivity (Wildman–Crippen MR) is 117 cm³/mol. The van der Waals surface area contributed by atoms with E-state index in [1.54, 1.807) is 67.6 Å². The van der Waals surface area contributed by atoms with E-state index in [4.69, 9.17) is 11.6 Å². The van der Waals surface area contributed by atoms with E-state index < -0.39 is 28.1 Å². The predicted octanol–water partition coefficient (Wildman–Crippen LogP) is 3.51. The van der Waals surface area contributed by atoms with E-state index in [1.807, 2.05) is 0 Å². The molecule has 0 unspecified atom stereocenters. The van der Waals surface area contributed by atoms with Gasteiger partial charge in [0.05, 0.1) is 10.9 Å². The van der Waals surface area contributed by atoms with Crippen molar-refractivity contribution in [2.75, 3.05) is 0 Å². The number of aromatic nitrogens is 1. The number of rotatable bonds is 7. The Hall–Kier alpha value is -2.71. The molecule has 0 fully saturated rings. The second-order valence-electron chi connectivity index (χ2n) is 6.70. The molecule has 3 aromatic rings. The molecule has 3 rings (SSSR count). The van der Waals surface area contributed by atoms with Crippen molar-refractivity contribution in [2.24, 2.45) is 0 Å². The summed E-state index contributed by atoms with van der Waals surface area (Å²) < 4.78 is 29.5. The Kier molecular flexibility index (Phi) is 6.89. The number of aryl methyl sites for hydroxylation is 1. The number of benzene rings is 2. The van der Waals surface area contributed by atoms with Crippen molar-refractivity contribution in [2.45, 2.75) is 24.0 Å². The number of hydrogen-bond acceptors (Lipinski definition) is 4. The zero-order valence-electron chi connectivity index (χ0n) is 16.1. The third-order valence-electron chi connectivity index (χ3n) is 4.49. The molecule has 0 aliphatic carbocycles. The fraction of sp³-hybridized carbons (Fsp3) is 0.136. The molecule has 0 amide bonds. The van der Waals surface area contributed by atoms with Gasteiger partial charge < -0.3 is 5.11 Å². The van der Waals surface area contributed by atoms with E-state index in [9.17, 15) is 18.3 Å². The molecule has 0 bridgehead atoms. The highest BCUT2D eigenvalue weighted by Crippen LogP contribution is 2.17. The summed E-state index contributed by atoms with van der Waals surface area (Å²) in [5, 5.41) is 11.2. The minimum Gasteiger partial charge on any atom is -0.381 e. The number of halogens is 1. The summed E-state index contributed by atoms with van der Waals surface area (Å²) >= 11 is 5.89. The number of nitrogens with one attached hydrogen (secondary N) is 1. The van der Waals surface area contributed by atoms with Gasteiger partial charge in [0.15, 0.2) is 6.10 Å². The minimum atomic E-state index is -3.99. The first-order chi connectivity index (χ1) is 14.3. The molecular formula is C22H21ClN2O4S. The summed E-state index contributed by atoms with van der Waals surface area (Å²) in [6.45, 7) is 1.68. The molecule has 1 aromatic heterocycles. The highest BCUT2D eigenvalue weighted by atomic mass is 35.5. The molecule has 8 heteroatoms. The molecule has 2 aromatic carbocycles. The van der Waals surface area contributed by atoms with Crippen LogP contribution in [0, 0.1) is 6.92 Å². The summed E-state index contributed by atoms with van der Waals surface area (Å²) in [4.78, 5) is 12.7. The van der Waals surface area contributed by atoms with Gasteiger partial charge in [-0.25, -0.2) is 13.1 Å². The van der Waals surface area contributed by atoms with Gasteiger partial charge in [-0.05, 0) is 48.4 Å². The number of carbonyl (C=O) groups excluding carboxylic acids is 1. The lowest BCUT2D eigenvalue weighted by Gasteiger charge is -2.21. The summed E-state index contributed by atoms with van der Waals surface area (Å²) in [6.07, 6.45) is 4.40. The maximum absolute atomic E-state index is 12.9. The number of hydrogen-bond donors (Lipinski definition) is 2. The molecule has 0 aliphatic heterocycles. The topological polar surface area (TPSA) is 88.4 Å². The number of nitrogens with zero attached hydrogens (tertiary/aromatic N) is 1. The Morgan fingerprint density at radius 1 is 1.07 bits per heavy atom. The Bertz CT molecular complexity index is 1140. The van der Waals surface area contributed by atoms with E-state index in [0.717, 1.165) is 5.56 Å². The Morgan fingerprint density at radius 2 is 1.70 bits per heavy atom. The lowest BCUT2D eigenvalue weighted by Crippen LogP contribution is -2.47. The summed E-state index contributed by atoms with van der Waals surface area (Å²) in [6, 6.07) is 15.4. The van der Waals surface area contributed by atoms with Crippen LogP contribution in [0.2, 0.25) is 5.02 Å². The number of aliphatic hydroxyl groups excluding tert-OH is 1. The fourth-order valence-electron chi connectivity index (χ4n) is 2.89. The van der Waals surface area contributed by atoms with Crippen LogP contribution in [-0.4, -0.2) is 36.1 Å². The maximum atomic E-state index is 12.9. The van der Waals surface area contributed by atoms with E-state index in [2.05, 4.69) is 4.72 Å². The Balaban J connectivity index is 1.93. The molecule has 0 saturated heterocycles. The smallest absolute Gasteiger partial charge is 0.261 e. The van der Waals surface area contributed by atoms with Gasteiger partial charge in [-0.2, -0.15) is 0 Å². The normalized spacial score (nSPS) is 14.0. The summed E-state index contributed by atoms with van der Waals surface area (Å²) in [5.41, 5.74) is 1.29. The van der Waals surface area contributed by atoms with Gasteiger partial charge in [-0.1, -0.05) is 54.1 Å². The van der Waals surface area contributed by atoms with E-state index in [1.165, 1.54) is 29.1 Å². The van der Waals surface area contributed by atoms with Crippen LogP contribution >= 0.6 is 11.6 Å². The van der Waals surface area contributed by atoms with Gasteiger partial charge in [0.2, 0.25) is 10.0 Å². The first-order valence-electron chi connectivity index (χ1n) is 9.15. The Labute approximate surface area is 180 Å². The van der Waals surface area contributed by atoms with Crippen molar-refractivity contribution in [3.8, 4) is 0 Å². The molecule has 2 N–H and O–H groups in total. The minimum absolute atomic E-state index is 0.0792. The highest BCUT2D eigenvalue weighted by Gasteiger charge is 2.30. The molecule has 0 aliphatic rings. The van der Waals surface area contributed by atoms with Crippen LogP contribution in [0.3, 0.4) is 0 Å². The molecule has 2 atom stereocenters. The third-order valence-corrected chi connectivity index (χ3v) is 6.36. The largest absolute Gasteiger partial charge is 0.381 e. The van der Waals surface area contributed by atoms with Gasteiger partial charge >= 0.3 is 0 Å².